The van der Waals surface area contributed by atoms with Gasteiger partial charge in [0.15, 0.2) is 11.5 Å². The number of methoxy groups -OCH3 is 1. The average Bonchev–Trinajstić information content (AvgIpc) is 2.52. The van der Waals surface area contributed by atoms with E-state index >= 15 is 0 Å². The van der Waals surface area contributed by atoms with Crippen LogP contribution in [0, 0.1) is 11.8 Å². The van der Waals surface area contributed by atoms with Crippen LogP contribution in [0.2, 0.25) is 0 Å². The third kappa shape index (κ3) is 5.72. The molecule has 0 aliphatic heterocycles. The molecule has 0 saturated heterocycles. The van der Waals surface area contributed by atoms with Crippen LogP contribution in [-0.2, 0) is 14.3 Å². The second-order valence-electron chi connectivity index (χ2n) is 6.23. The predicted octanol–water partition coefficient (Wildman–Crippen LogP) is 4.07. The normalized spacial score (nSPS) is 12.0. The van der Waals surface area contributed by atoms with Crippen LogP contribution in [0.1, 0.15) is 45.8 Å². The maximum absolute atomic E-state index is 11.9. The second-order valence-corrected chi connectivity index (χ2v) is 6.23. The topological polar surface area (TPSA) is 61.8 Å². The van der Waals surface area contributed by atoms with Crippen LogP contribution in [0.5, 0.6) is 11.5 Å². The van der Waals surface area contributed by atoms with Gasteiger partial charge in [-0.1, -0.05) is 40.3 Å². The summed E-state index contributed by atoms with van der Waals surface area (Å²) in [5.74, 6) is 0.0704. The lowest BCUT2D eigenvalue weighted by Gasteiger charge is -2.17. The summed E-state index contributed by atoms with van der Waals surface area (Å²) in [5.41, 5.74) is 0.698. The summed E-state index contributed by atoms with van der Waals surface area (Å²) in [6.07, 6.45) is 1.30. The van der Waals surface area contributed by atoms with Gasteiger partial charge in [-0.2, -0.15) is 0 Å². The molecule has 0 fully saturated rings. The van der Waals surface area contributed by atoms with Crippen molar-refractivity contribution in [2.24, 2.45) is 11.8 Å². The molecule has 1 rings (SSSR count). The highest BCUT2D eigenvalue weighted by Gasteiger charge is 2.18. The first kappa shape index (κ1) is 19.7. The highest BCUT2D eigenvalue weighted by Crippen LogP contribution is 2.32. The quantitative estimate of drug-likeness (QED) is 0.407. The van der Waals surface area contributed by atoms with E-state index in [4.69, 9.17) is 14.2 Å². The summed E-state index contributed by atoms with van der Waals surface area (Å²) in [6.45, 7) is 11.1. The van der Waals surface area contributed by atoms with Gasteiger partial charge in [0.2, 0.25) is 0 Å². The minimum absolute atomic E-state index is 0.218. The number of rotatable bonds is 8. The fourth-order valence-electron chi connectivity index (χ4n) is 1.95. The molecule has 0 radical (unpaired) electrons. The molecule has 5 heteroatoms. The molecular formula is C19H26O5. The summed E-state index contributed by atoms with van der Waals surface area (Å²) >= 11 is 0. The molecule has 1 unspecified atom stereocenters. The molecule has 0 aliphatic rings. The van der Waals surface area contributed by atoms with Crippen LogP contribution in [0.3, 0.4) is 0 Å². The molecule has 1 aromatic carbocycles. The highest BCUT2D eigenvalue weighted by molar-refractivity contribution is 5.75. The van der Waals surface area contributed by atoms with Crippen molar-refractivity contribution < 1.29 is 23.8 Å². The van der Waals surface area contributed by atoms with Gasteiger partial charge in [0.25, 0.3) is 0 Å². The number of carbonyl (C=O) groups excluding carboxylic acids is 2. The van der Waals surface area contributed by atoms with E-state index in [9.17, 15) is 9.59 Å². The molecule has 1 aromatic rings. The van der Waals surface area contributed by atoms with Crippen LogP contribution in [0.4, 0.5) is 0 Å². The number of hydrogen-bond acceptors (Lipinski definition) is 5. The van der Waals surface area contributed by atoms with E-state index in [1.807, 2.05) is 13.8 Å². The van der Waals surface area contributed by atoms with Crippen LogP contribution < -0.4 is 9.47 Å². The minimum atomic E-state index is -0.583. The first-order chi connectivity index (χ1) is 11.3. The summed E-state index contributed by atoms with van der Waals surface area (Å²) in [4.78, 5) is 23.6. The van der Waals surface area contributed by atoms with Gasteiger partial charge in [-0.25, -0.2) is 0 Å². The van der Waals surface area contributed by atoms with Crippen molar-refractivity contribution in [3.8, 4) is 11.5 Å². The third-order valence-corrected chi connectivity index (χ3v) is 3.25. The lowest BCUT2D eigenvalue weighted by Crippen LogP contribution is -2.15. The van der Waals surface area contributed by atoms with Crippen LogP contribution >= 0.6 is 0 Å². The summed E-state index contributed by atoms with van der Waals surface area (Å²) in [7, 11) is 1.49. The molecule has 0 aliphatic carbocycles. The Morgan fingerprint density at radius 2 is 1.83 bits per heavy atom. The molecule has 0 bridgehead atoms. The van der Waals surface area contributed by atoms with Gasteiger partial charge in [-0.3, -0.25) is 9.59 Å². The van der Waals surface area contributed by atoms with Gasteiger partial charge in [0, 0.05) is 12.0 Å². The molecule has 0 spiro atoms. The van der Waals surface area contributed by atoms with Gasteiger partial charge in [0.1, 0.15) is 6.10 Å². The van der Waals surface area contributed by atoms with Crippen LogP contribution in [0.25, 0.3) is 0 Å². The Labute approximate surface area is 143 Å². The van der Waals surface area contributed by atoms with Gasteiger partial charge in [-0.15, -0.1) is 0 Å². The molecule has 1 atom stereocenters. The summed E-state index contributed by atoms with van der Waals surface area (Å²) < 4.78 is 16.0. The maximum Gasteiger partial charge on any atom is 0.313 e. The van der Waals surface area contributed by atoms with E-state index in [1.54, 1.807) is 38.1 Å². The van der Waals surface area contributed by atoms with Crippen molar-refractivity contribution in [1.29, 1.82) is 0 Å². The van der Waals surface area contributed by atoms with E-state index in [0.717, 1.165) is 0 Å². The number of carbonyl (C=O) groups is 2. The predicted molar refractivity (Wildman–Crippen MR) is 92.0 cm³/mol. The molecule has 0 N–H and O–H groups in total. The Hall–Kier alpha value is -2.30. The van der Waals surface area contributed by atoms with Crippen molar-refractivity contribution in [1.82, 2.24) is 0 Å². The standard InChI is InChI=1S/C19H26O5/c1-7-15(23-18(20)10-12(2)3)14-8-9-16(17(11-14)22-6)24-19(21)13(4)5/h7-9,11-13,15H,1,10H2,2-6H3. The Balaban J connectivity index is 2.97. The largest absolute Gasteiger partial charge is 0.493 e. The van der Waals surface area contributed by atoms with E-state index in [0.29, 0.717) is 23.5 Å². The van der Waals surface area contributed by atoms with Crippen molar-refractivity contribution in [2.45, 2.75) is 40.2 Å². The van der Waals surface area contributed by atoms with Gasteiger partial charge >= 0.3 is 11.9 Å². The first-order valence-electron chi connectivity index (χ1n) is 8.00. The van der Waals surface area contributed by atoms with E-state index < -0.39 is 6.10 Å². The zero-order valence-electron chi connectivity index (χ0n) is 15.0. The monoisotopic (exact) mass is 334 g/mol. The lowest BCUT2D eigenvalue weighted by atomic mass is 10.1. The zero-order valence-corrected chi connectivity index (χ0v) is 15.0. The highest BCUT2D eigenvalue weighted by atomic mass is 16.6. The number of esters is 2. The molecule has 0 saturated carbocycles. The van der Waals surface area contributed by atoms with E-state index in [-0.39, 0.29) is 23.8 Å². The number of ether oxygens (including phenoxy) is 3. The van der Waals surface area contributed by atoms with Crippen LogP contribution in [0.15, 0.2) is 30.9 Å². The molecule has 132 valence electrons. The Morgan fingerprint density at radius 1 is 1.17 bits per heavy atom. The van der Waals surface area contributed by atoms with E-state index in [2.05, 4.69) is 6.58 Å². The van der Waals surface area contributed by atoms with Crippen LogP contribution in [-0.4, -0.2) is 19.0 Å². The first-order valence-corrected chi connectivity index (χ1v) is 8.00. The van der Waals surface area contributed by atoms with Crippen molar-refractivity contribution in [3.63, 3.8) is 0 Å². The van der Waals surface area contributed by atoms with Gasteiger partial charge in [0.05, 0.1) is 13.0 Å². The second kappa shape index (κ2) is 9.11. The molecule has 24 heavy (non-hydrogen) atoms. The van der Waals surface area contributed by atoms with E-state index in [1.165, 1.54) is 7.11 Å². The van der Waals surface area contributed by atoms with Gasteiger partial charge in [-0.05, 0) is 24.1 Å². The SMILES string of the molecule is C=CC(OC(=O)CC(C)C)c1ccc(OC(=O)C(C)C)c(OC)c1. The number of hydrogen-bond donors (Lipinski definition) is 0. The minimum Gasteiger partial charge on any atom is -0.493 e. The molecular weight excluding hydrogens is 308 g/mol. The fourth-order valence-corrected chi connectivity index (χ4v) is 1.95. The van der Waals surface area contributed by atoms with Crippen molar-refractivity contribution in [2.75, 3.05) is 7.11 Å². The lowest BCUT2D eigenvalue weighted by molar-refractivity contribution is -0.148. The molecule has 5 nitrogen and oxygen atoms in total. The Kier molecular flexibility index (Phi) is 7.49. The third-order valence-electron chi connectivity index (χ3n) is 3.25. The van der Waals surface area contributed by atoms with Gasteiger partial charge < -0.3 is 14.2 Å². The van der Waals surface area contributed by atoms with Crippen molar-refractivity contribution in [3.05, 3.63) is 36.4 Å². The van der Waals surface area contributed by atoms with Crippen molar-refractivity contribution >= 4 is 11.9 Å². The maximum atomic E-state index is 11.9. The number of benzene rings is 1. The summed E-state index contributed by atoms with van der Waals surface area (Å²) in [5, 5.41) is 0. The Morgan fingerprint density at radius 3 is 2.33 bits per heavy atom. The Bertz CT molecular complexity index is 589. The summed E-state index contributed by atoms with van der Waals surface area (Å²) in [6, 6.07) is 5.03. The molecule has 0 aromatic heterocycles. The average molecular weight is 334 g/mol. The zero-order chi connectivity index (χ0) is 18.3. The molecule has 0 heterocycles. The molecule has 0 amide bonds. The fraction of sp³-hybridized carbons (Fsp3) is 0.474. The smallest absolute Gasteiger partial charge is 0.313 e.